The Hall–Kier alpha value is -2.67. The van der Waals surface area contributed by atoms with Crippen molar-refractivity contribution in [3.05, 3.63) is 57.3 Å². The molecule has 0 spiro atoms. The maximum absolute atomic E-state index is 12.4. The molecule has 0 radical (unpaired) electrons. The maximum Gasteiger partial charge on any atom is 0.340 e. The van der Waals surface area contributed by atoms with Gasteiger partial charge >= 0.3 is 12.0 Å². The minimum atomic E-state index is -1.21. The standard InChI is InChI=1S/C17H18N2O4S/c1-10-9-13(11(2)24-10)16(21)23-14(12-7-5-4-6-8-12)15(20)19-17(22)18-3/h4-9,14H,1-3H3,(H2,18,19,20,22)/t14-/m1/s1. The predicted octanol–water partition coefficient (Wildman–Crippen LogP) is 2.72. The second-order valence-corrected chi connectivity index (χ2v) is 6.55. The van der Waals surface area contributed by atoms with E-state index in [0.717, 1.165) is 9.75 Å². The van der Waals surface area contributed by atoms with Gasteiger partial charge in [-0.25, -0.2) is 9.59 Å². The van der Waals surface area contributed by atoms with Gasteiger partial charge in [0.2, 0.25) is 6.10 Å². The number of esters is 1. The van der Waals surface area contributed by atoms with Gasteiger partial charge in [-0.1, -0.05) is 30.3 Å². The molecule has 0 bridgehead atoms. The Morgan fingerprint density at radius 3 is 2.33 bits per heavy atom. The van der Waals surface area contributed by atoms with Crippen LogP contribution in [0.15, 0.2) is 36.4 Å². The number of hydrogen-bond donors (Lipinski definition) is 2. The number of nitrogens with one attached hydrogen (secondary N) is 2. The van der Waals surface area contributed by atoms with Crippen molar-refractivity contribution >= 4 is 29.2 Å². The van der Waals surface area contributed by atoms with Crippen LogP contribution in [0.3, 0.4) is 0 Å². The van der Waals surface area contributed by atoms with E-state index in [-0.39, 0.29) is 0 Å². The Bertz CT molecular complexity index is 755. The van der Waals surface area contributed by atoms with E-state index in [1.54, 1.807) is 36.4 Å². The molecule has 0 aliphatic carbocycles. The highest BCUT2D eigenvalue weighted by Crippen LogP contribution is 2.25. The largest absolute Gasteiger partial charge is 0.444 e. The lowest BCUT2D eigenvalue weighted by atomic mass is 10.1. The van der Waals surface area contributed by atoms with Crippen molar-refractivity contribution in [1.82, 2.24) is 10.6 Å². The summed E-state index contributed by atoms with van der Waals surface area (Å²) in [6.07, 6.45) is -1.21. The van der Waals surface area contributed by atoms with Crippen molar-refractivity contribution in [2.75, 3.05) is 7.05 Å². The summed E-state index contributed by atoms with van der Waals surface area (Å²) in [6, 6.07) is 9.61. The van der Waals surface area contributed by atoms with E-state index in [9.17, 15) is 14.4 Å². The van der Waals surface area contributed by atoms with E-state index in [1.807, 2.05) is 13.8 Å². The molecule has 1 atom stereocenters. The Labute approximate surface area is 143 Å². The van der Waals surface area contributed by atoms with Gasteiger partial charge in [-0.15, -0.1) is 11.3 Å². The van der Waals surface area contributed by atoms with Crippen molar-refractivity contribution in [1.29, 1.82) is 0 Å². The van der Waals surface area contributed by atoms with Crippen LogP contribution in [0.5, 0.6) is 0 Å². The molecule has 3 amide bonds. The van der Waals surface area contributed by atoms with Crippen LogP contribution in [0.2, 0.25) is 0 Å². The van der Waals surface area contributed by atoms with E-state index in [0.29, 0.717) is 11.1 Å². The lowest BCUT2D eigenvalue weighted by Crippen LogP contribution is -2.41. The van der Waals surface area contributed by atoms with Crippen molar-refractivity contribution in [2.24, 2.45) is 0 Å². The fourth-order valence-corrected chi connectivity index (χ4v) is 3.06. The van der Waals surface area contributed by atoms with Crippen molar-refractivity contribution in [3.63, 3.8) is 0 Å². The fraction of sp³-hybridized carbons (Fsp3) is 0.235. The summed E-state index contributed by atoms with van der Waals surface area (Å²) in [7, 11) is 1.39. The topological polar surface area (TPSA) is 84.5 Å². The Kier molecular flexibility index (Phi) is 5.70. The molecule has 0 aliphatic heterocycles. The highest BCUT2D eigenvalue weighted by atomic mass is 32.1. The number of hydrogen-bond acceptors (Lipinski definition) is 5. The predicted molar refractivity (Wildman–Crippen MR) is 91.0 cm³/mol. The summed E-state index contributed by atoms with van der Waals surface area (Å²) in [5.74, 6) is -1.31. The summed E-state index contributed by atoms with van der Waals surface area (Å²) in [6.45, 7) is 3.71. The van der Waals surface area contributed by atoms with Crippen molar-refractivity contribution < 1.29 is 19.1 Å². The first-order valence-corrected chi connectivity index (χ1v) is 8.09. The number of ether oxygens (including phenoxy) is 1. The zero-order chi connectivity index (χ0) is 17.7. The van der Waals surface area contributed by atoms with Gasteiger partial charge in [0.15, 0.2) is 0 Å². The summed E-state index contributed by atoms with van der Waals surface area (Å²) in [5, 5.41) is 4.43. The van der Waals surface area contributed by atoms with Gasteiger partial charge in [-0.2, -0.15) is 0 Å². The SMILES string of the molecule is CNC(=O)NC(=O)[C@H](OC(=O)c1cc(C)sc1C)c1ccccc1. The van der Waals surface area contributed by atoms with Crippen molar-refractivity contribution in [2.45, 2.75) is 20.0 Å². The molecule has 1 aromatic heterocycles. The summed E-state index contributed by atoms with van der Waals surface area (Å²) >= 11 is 1.48. The summed E-state index contributed by atoms with van der Waals surface area (Å²) < 4.78 is 5.40. The van der Waals surface area contributed by atoms with Crippen LogP contribution in [-0.2, 0) is 9.53 Å². The molecule has 0 unspecified atom stereocenters. The lowest BCUT2D eigenvalue weighted by Gasteiger charge is -2.17. The number of amides is 3. The lowest BCUT2D eigenvalue weighted by molar-refractivity contribution is -0.129. The monoisotopic (exact) mass is 346 g/mol. The molecule has 0 aliphatic rings. The molecular weight excluding hydrogens is 328 g/mol. The number of benzene rings is 1. The van der Waals surface area contributed by atoms with E-state index in [1.165, 1.54) is 18.4 Å². The van der Waals surface area contributed by atoms with Crippen LogP contribution in [0.25, 0.3) is 0 Å². The summed E-state index contributed by atoms with van der Waals surface area (Å²) in [4.78, 5) is 37.9. The average molecular weight is 346 g/mol. The van der Waals surface area contributed by atoms with E-state index in [2.05, 4.69) is 10.6 Å². The third-order valence-electron chi connectivity index (χ3n) is 3.29. The van der Waals surface area contributed by atoms with Gasteiger partial charge in [0.25, 0.3) is 5.91 Å². The molecule has 24 heavy (non-hydrogen) atoms. The maximum atomic E-state index is 12.4. The number of carbonyl (C=O) groups is 3. The number of aryl methyl sites for hydroxylation is 2. The normalized spacial score (nSPS) is 11.5. The minimum Gasteiger partial charge on any atom is -0.444 e. The van der Waals surface area contributed by atoms with Crippen LogP contribution < -0.4 is 10.6 Å². The quantitative estimate of drug-likeness (QED) is 0.834. The molecular formula is C17H18N2O4S. The van der Waals surface area contributed by atoms with Crippen LogP contribution in [0, 0.1) is 13.8 Å². The third kappa shape index (κ3) is 4.20. The zero-order valence-electron chi connectivity index (χ0n) is 13.6. The molecule has 1 aromatic carbocycles. The number of imide groups is 1. The van der Waals surface area contributed by atoms with Crippen LogP contribution >= 0.6 is 11.3 Å². The van der Waals surface area contributed by atoms with Gasteiger partial charge in [-0.3, -0.25) is 10.1 Å². The van der Waals surface area contributed by atoms with Crippen LogP contribution in [0.4, 0.5) is 4.79 Å². The van der Waals surface area contributed by atoms with Gasteiger partial charge in [0, 0.05) is 22.4 Å². The smallest absolute Gasteiger partial charge is 0.340 e. The highest BCUT2D eigenvalue weighted by Gasteiger charge is 2.27. The second kappa shape index (κ2) is 7.74. The molecule has 2 rings (SSSR count). The van der Waals surface area contributed by atoms with E-state index in [4.69, 9.17) is 4.74 Å². The molecule has 7 heteroatoms. The first kappa shape index (κ1) is 17.7. The first-order valence-electron chi connectivity index (χ1n) is 7.28. The Balaban J connectivity index is 2.26. The third-order valence-corrected chi connectivity index (χ3v) is 4.26. The number of urea groups is 1. The first-order chi connectivity index (χ1) is 11.4. The van der Waals surface area contributed by atoms with E-state index >= 15 is 0 Å². The summed E-state index contributed by atoms with van der Waals surface area (Å²) in [5.41, 5.74) is 0.906. The zero-order valence-corrected chi connectivity index (χ0v) is 14.4. The Morgan fingerprint density at radius 1 is 1.12 bits per heavy atom. The number of thiophene rings is 1. The molecule has 2 aromatic rings. The van der Waals surface area contributed by atoms with E-state index < -0.39 is 24.0 Å². The van der Waals surface area contributed by atoms with Gasteiger partial charge < -0.3 is 10.1 Å². The average Bonchev–Trinajstić information content (AvgIpc) is 2.91. The van der Waals surface area contributed by atoms with Gasteiger partial charge in [-0.05, 0) is 19.9 Å². The van der Waals surface area contributed by atoms with Gasteiger partial charge in [0.05, 0.1) is 5.56 Å². The molecule has 0 saturated heterocycles. The molecule has 6 nitrogen and oxygen atoms in total. The number of carbonyl (C=O) groups excluding carboxylic acids is 3. The van der Waals surface area contributed by atoms with Gasteiger partial charge in [0.1, 0.15) is 0 Å². The molecule has 0 saturated carbocycles. The molecule has 0 fully saturated rings. The molecule has 1 heterocycles. The highest BCUT2D eigenvalue weighted by molar-refractivity contribution is 7.12. The fourth-order valence-electron chi connectivity index (χ4n) is 2.14. The molecule has 2 N–H and O–H groups in total. The van der Waals surface area contributed by atoms with Crippen molar-refractivity contribution in [3.8, 4) is 0 Å². The Morgan fingerprint density at radius 2 is 1.79 bits per heavy atom. The molecule has 126 valence electrons. The van der Waals surface area contributed by atoms with Crippen LogP contribution in [0.1, 0.15) is 31.8 Å². The minimum absolute atomic E-state index is 0.422. The van der Waals surface area contributed by atoms with Crippen LogP contribution in [-0.4, -0.2) is 25.0 Å². The number of rotatable bonds is 4. The second-order valence-electron chi connectivity index (χ2n) is 5.09.